The van der Waals surface area contributed by atoms with Gasteiger partial charge >= 0.3 is 5.97 Å². The molecule has 5 heteroatoms. The van der Waals surface area contributed by atoms with E-state index >= 15 is 0 Å². The van der Waals surface area contributed by atoms with Gasteiger partial charge in [0, 0.05) is 12.5 Å². The maximum Gasteiger partial charge on any atom is 0.339 e. The average molecular weight is 291 g/mol. The summed E-state index contributed by atoms with van der Waals surface area (Å²) in [6.07, 6.45) is 5.35. The first kappa shape index (κ1) is 15.4. The van der Waals surface area contributed by atoms with E-state index in [0.717, 1.165) is 31.2 Å². The van der Waals surface area contributed by atoms with Crippen LogP contribution < -0.4 is 10.1 Å². The maximum atomic E-state index is 12.1. The molecule has 0 heterocycles. The van der Waals surface area contributed by atoms with E-state index in [4.69, 9.17) is 9.84 Å². The first-order valence-electron chi connectivity index (χ1n) is 7.29. The van der Waals surface area contributed by atoms with Crippen LogP contribution in [0.2, 0.25) is 0 Å². The molecule has 1 saturated carbocycles. The van der Waals surface area contributed by atoms with E-state index in [1.807, 2.05) is 0 Å². The molecule has 1 fully saturated rings. The minimum Gasteiger partial charge on any atom is -0.496 e. The largest absolute Gasteiger partial charge is 0.496 e. The van der Waals surface area contributed by atoms with E-state index in [-0.39, 0.29) is 17.4 Å². The standard InChI is InChI=1S/C16H21NO4/c1-21-14-8-7-11(9-13(14)16(19)20)10-17-15(18)12-5-3-2-4-6-12/h7-9,12H,2-6,10H2,1H3,(H,17,18)(H,19,20). The number of amides is 1. The van der Waals surface area contributed by atoms with Gasteiger partial charge in [0.05, 0.1) is 7.11 Å². The fraction of sp³-hybridized carbons (Fsp3) is 0.500. The summed E-state index contributed by atoms with van der Waals surface area (Å²) in [4.78, 5) is 23.2. The fourth-order valence-corrected chi connectivity index (χ4v) is 2.73. The first-order chi connectivity index (χ1) is 10.1. The van der Waals surface area contributed by atoms with E-state index in [0.29, 0.717) is 12.3 Å². The van der Waals surface area contributed by atoms with Crippen molar-refractivity contribution in [3.8, 4) is 5.75 Å². The summed E-state index contributed by atoms with van der Waals surface area (Å²) in [7, 11) is 1.44. The Morgan fingerprint density at radius 3 is 2.62 bits per heavy atom. The van der Waals surface area contributed by atoms with Gasteiger partial charge in [-0.3, -0.25) is 4.79 Å². The minimum atomic E-state index is -1.03. The van der Waals surface area contributed by atoms with Crippen molar-refractivity contribution in [2.45, 2.75) is 38.6 Å². The first-order valence-corrected chi connectivity index (χ1v) is 7.29. The molecule has 0 aliphatic heterocycles. The number of ether oxygens (including phenoxy) is 1. The zero-order valence-electron chi connectivity index (χ0n) is 12.2. The zero-order chi connectivity index (χ0) is 15.2. The summed E-state index contributed by atoms with van der Waals surface area (Å²) in [5.74, 6) is -0.532. The van der Waals surface area contributed by atoms with Crippen molar-refractivity contribution in [3.63, 3.8) is 0 Å². The SMILES string of the molecule is COc1ccc(CNC(=O)C2CCCCC2)cc1C(=O)O. The van der Waals surface area contributed by atoms with E-state index in [1.54, 1.807) is 18.2 Å². The fourth-order valence-electron chi connectivity index (χ4n) is 2.73. The molecule has 0 radical (unpaired) electrons. The molecule has 0 atom stereocenters. The van der Waals surface area contributed by atoms with Crippen LogP contribution in [0, 0.1) is 5.92 Å². The highest BCUT2D eigenvalue weighted by atomic mass is 16.5. The van der Waals surface area contributed by atoms with Gasteiger partial charge in [-0.2, -0.15) is 0 Å². The van der Waals surface area contributed by atoms with Crippen molar-refractivity contribution < 1.29 is 19.4 Å². The molecular formula is C16H21NO4. The van der Waals surface area contributed by atoms with Gasteiger partial charge in [-0.15, -0.1) is 0 Å². The van der Waals surface area contributed by atoms with E-state index in [2.05, 4.69) is 5.32 Å². The molecule has 0 unspecified atom stereocenters. The molecular weight excluding hydrogens is 270 g/mol. The molecule has 5 nitrogen and oxygen atoms in total. The number of aromatic carboxylic acids is 1. The topological polar surface area (TPSA) is 75.6 Å². The van der Waals surface area contributed by atoms with Gasteiger partial charge in [0.25, 0.3) is 0 Å². The van der Waals surface area contributed by atoms with E-state index in [1.165, 1.54) is 13.5 Å². The van der Waals surface area contributed by atoms with Crippen molar-refractivity contribution >= 4 is 11.9 Å². The van der Waals surface area contributed by atoms with Crippen LogP contribution in [0.1, 0.15) is 48.0 Å². The molecule has 2 rings (SSSR count). The highest BCUT2D eigenvalue weighted by Gasteiger charge is 2.20. The molecule has 114 valence electrons. The van der Waals surface area contributed by atoms with Crippen LogP contribution in [0.15, 0.2) is 18.2 Å². The number of carboxylic acid groups (broad SMARTS) is 1. The molecule has 1 aliphatic carbocycles. The molecule has 1 aromatic carbocycles. The molecule has 1 amide bonds. The lowest BCUT2D eigenvalue weighted by Gasteiger charge is -2.20. The van der Waals surface area contributed by atoms with Crippen molar-refractivity contribution in [2.24, 2.45) is 5.92 Å². The average Bonchev–Trinajstić information content (AvgIpc) is 2.53. The van der Waals surface area contributed by atoms with Crippen molar-refractivity contribution in [2.75, 3.05) is 7.11 Å². The van der Waals surface area contributed by atoms with Gasteiger partial charge in [-0.05, 0) is 30.5 Å². The number of nitrogens with one attached hydrogen (secondary N) is 1. The van der Waals surface area contributed by atoms with Gasteiger partial charge in [0.1, 0.15) is 11.3 Å². The van der Waals surface area contributed by atoms with Gasteiger partial charge in [-0.1, -0.05) is 25.3 Å². The molecule has 2 N–H and O–H groups in total. The predicted molar refractivity (Wildman–Crippen MR) is 78.4 cm³/mol. The van der Waals surface area contributed by atoms with Crippen molar-refractivity contribution in [1.29, 1.82) is 0 Å². The summed E-state index contributed by atoms with van der Waals surface area (Å²) < 4.78 is 5.01. The second-order valence-electron chi connectivity index (χ2n) is 5.39. The number of methoxy groups -OCH3 is 1. The number of hydrogen-bond donors (Lipinski definition) is 2. The third kappa shape index (κ3) is 3.97. The summed E-state index contributed by atoms with van der Waals surface area (Å²) in [6, 6.07) is 4.93. The molecule has 0 saturated heterocycles. The highest BCUT2D eigenvalue weighted by Crippen LogP contribution is 2.24. The van der Waals surface area contributed by atoms with E-state index < -0.39 is 5.97 Å². The highest BCUT2D eigenvalue weighted by molar-refractivity contribution is 5.91. The van der Waals surface area contributed by atoms with Gasteiger partial charge < -0.3 is 15.2 Å². The van der Waals surface area contributed by atoms with Crippen LogP contribution >= 0.6 is 0 Å². The lowest BCUT2D eigenvalue weighted by molar-refractivity contribution is -0.126. The molecule has 0 spiro atoms. The molecule has 0 aromatic heterocycles. The molecule has 1 aromatic rings. The Labute approximate surface area is 124 Å². The van der Waals surface area contributed by atoms with Crippen molar-refractivity contribution in [1.82, 2.24) is 5.32 Å². The van der Waals surface area contributed by atoms with Crippen LogP contribution in [-0.4, -0.2) is 24.1 Å². The number of benzene rings is 1. The number of carbonyl (C=O) groups is 2. The Morgan fingerprint density at radius 1 is 1.29 bits per heavy atom. The van der Waals surface area contributed by atoms with E-state index in [9.17, 15) is 9.59 Å². The minimum absolute atomic E-state index is 0.0717. The van der Waals surface area contributed by atoms with Crippen molar-refractivity contribution in [3.05, 3.63) is 29.3 Å². The summed E-state index contributed by atoms with van der Waals surface area (Å²) >= 11 is 0. The van der Waals surface area contributed by atoms with Crippen LogP contribution in [0.3, 0.4) is 0 Å². The zero-order valence-corrected chi connectivity index (χ0v) is 12.2. The van der Waals surface area contributed by atoms with Crippen LogP contribution in [-0.2, 0) is 11.3 Å². The predicted octanol–water partition coefficient (Wildman–Crippen LogP) is 2.59. The van der Waals surface area contributed by atoms with Crippen LogP contribution in [0.5, 0.6) is 5.75 Å². The van der Waals surface area contributed by atoms with Gasteiger partial charge in [0.2, 0.25) is 5.91 Å². The summed E-state index contributed by atoms with van der Waals surface area (Å²) in [5, 5.41) is 12.0. The third-order valence-corrected chi connectivity index (χ3v) is 3.94. The normalized spacial score (nSPS) is 15.5. The number of hydrogen-bond acceptors (Lipinski definition) is 3. The molecule has 21 heavy (non-hydrogen) atoms. The number of carbonyl (C=O) groups excluding carboxylic acids is 1. The summed E-state index contributed by atoms with van der Waals surface area (Å²) in [5.41, 5.74) is 0.874. The number of carboxylic acids is 1. The lowest BCUT2D eigenvalue weighted by Crippen LogP contribution is -2.31. The Balaban J connectivity index is 1.98. The maximum absolute atomic E-state index is 12.1. The van der Waals surface area contributed by atoms with Crippen LogP contribution in [0.25, 0.3) is 0 Å². The second-order valence-corrected chi connectivity index (χ2v) is 5.39. The Bertz CT molecular complexity index is 521. The Hall–Kier alpha value is -2.04. The summed E-state index contributed by atoms with van der Waals surface area (Å²) in [6.45, 7) is 0.347. The lowest BCUT2D eigenvalue weighted by atomic mass is 9.88. The van der Waals surface area contributed by atoms with Crippen LogP contribution in [0.4, 0.5) is 0 Å². The quantitative estimate of drug-likeness (QED) is 0.874. The number of rotatable bonds is 5. The Kier molecular flexibility index (Phi) is 5.20. The monoisotopic (exact) mass is 291 g/mol. The molecule has 1 aliphatic rings. The smallest absolute Gasteiger partial charge is 0.339 e. The molecule has 0 bridgehead atoms. The second kappa shape index (κ2) is 7.11. The third-order valence-electron chi connectivity index (χ3n) is 3.94. The van der Waals surface area contributed by atoms with Gasteiger partial charge in [0.15, 0.2) is 0 Å². The Morgan fingerprint density at radius 2 is 2.00 bits per heavy atom. The van der Waals surface area contributed by atoms with Gasteiger partial charge in [-0.25, -0.2) is 4.79 Å².